The van der Waals surface area contributed by atoms with Gasteiger partial charge in [0.05, 0.1) is 12.8 Å². The van der Waals surface area contributed by atoms with Crippen LogP contribution in [-0.2, 0) is 14.4 Å². The Balaban J connectivity index is 1.63. The lowest BCUT2D eigenvalue weighted by Gasteiger charge is -2.33. The van der Waals surface area contributed by atoms with Crippen LogP contribution in [0.15, 0.2) is 54.6 Å². The average molecular weight is 353 g/mol. The third-order valence-electron chi connectivity index (χ3n) is 4.09. The van der Waals surface area contributed by atoms with E-state index in [2.05, 4.69) is 5.32 Å². The van der Waals surface area contributed by atoms with Gasteiger partial charge in [-0.1, -0.05) is 30.3 Å². The Morgan fingerprint density at radius 3 is 2.42 bits per heavy atom. The van der Waals surface area contributed by atoms with Gasteiger partial charge in [0.15, 0.2) is 0 Å². The van der Waals surface area contributed by atoms with Crippen molar-refractivity contribution in [3.8, 4) is 5.75 Å². The summed E-state index contributed by atoms with van der Waals surface area (Å²) in [6, 6.07) is 16.0. The Labute approximate surface area is 151 Å². The van der Waals surface area contributed by atoms with Gasteiger partial charge in [-0.2, -0.15) is 0 Å². The summed E-state index contributed by atoms with van der Waals surface area (Å²) in [4.78, 5) is 39.7. The van der Waals surface area contributed by atoms with E-state index in [1.165, 1.54) is 16.9 Å². The molecule has 7 heteroatoms. The third-order valence-corrected chi connectivity index (χ3v) is 4.09. The highest BCUT2D eigenvalue weighted by molar-refractivity contribution is 6.41. The van der Waals surface area contributed by atoms with Gasteiger partial charge in [0.2, 0.25) is 5.91 Å². The van der Waals surface area contributed by atoms with Crippen molar-refractivity contribution in [2.45, 2.75) is 0 Å². The molecule has 0 spiro atoms. The molecule has 3 amide bonds. The molecule has 7 nitrogen and oxygen atoms in total. The van der Waals surface area contributed by atoms with E-state index in [0.29, 0.717) is 30.2 Å². The van der Waals surface area contributed by atoms with E-state index in [1.807, 2.05) is 6.07 Å². The fraction of sp³-hybridized carbons (Fsp3) is 0.211. The van der Waals surface area contributed by atoms with Gasteiger partial charge >= 0.3 is 11.8 Å². The molecule has 1 aliphatic rings. The molecule has 0 bridgehead atoms. The molecule has 2 aromatic rings. The number of amides is 3. The van der Waals surface area contributed by atoms with Crippen molar-refractivity contribution in [3.63, 3.8) is 0 Å². The molecular weight excluding hydrogens is 334 g/mol. The molecule has 1 N–H and O–H groups in total. The van der Waals surface area contributed by atoms with Crippen molar-refractivity contribution >= 4 is 29.1 Å². The van der Waals surface area contributed by atoms with Crippen LogP contribution in [0.4, 0.5) is 11.4 Å². The quantitative estimate of drug-likeness (QED) is 0.827. The molecule has 0 saturated carbocycles. The van der Waals surface area contributed by atoms with Crippen LogP contribution in [0.25, 0.3) is 0 Å². The number of nitrogens with one attached hydrogen (secondary N) is 1. The van der Waals surface area contributed by atoms with E-state index < -0.39 is 11.8 Å². The van der Waals surface area contributed by atoms with Gasteiger partial charge in [-0.05, 0) is 24.3 Å². The van der Waals surface area contributed by atoms with Crippen LogP contribution < -0.4 is 15.0 Å². The first kappa shape index (κ1) is 17.5. The van der Waals surface area contributed by atoms with E-state index in [0.717, 1.165) is 0 Å². The average Bonchev–Trinajstić information content (AvgIpc) is 2.67. The minimum Gasteiger partial charge on any atom is -0.495 e. The molecular formula is C19H19N3O4. The van der Waals surface area contributed by atoms with Crippen LogP contribution >= 0.6 is 0 Å². The second kappa shape index (κ2) is 7.69. The number of rotatable bonds is 5. The van der Waals surface area contributed by atoms with Crippen LogP contribution in [0.5, 0.6) is 5.75 Å². The maximum Gasteiger partial charge on any atom is 0.316 e. The number of hydrogen-bond donors (Lipinski definition) is 1. The first-order chi connectivity index (χ1) is 12.6. The van der Waals surface area contributed by atoms with Crippen LogP contribution in [0.2, 0.25) is 0 Å². The summed E-state index contributed by atoms with van der Waals surface area (Å²) in [5.41, 5.74) is 1.19. The molecule has 2 aromatic carbocycles. The highest BCUT2D eigenvalue weighted by atomic mass is 16.5. The minimum absolute atomic E-state index is 0.189. The van der Waals surface area contributed by atoms with Gasteiger partial charge in [0, 0.05) is 18.8 Å². The molecule has 0 atom stereocenters. The van der Waals surface area contributed by atoms with Gasteiger partial charge in [-0.25, -0.2) is 0 Å². The summed E-state index contributed by atoms with van der Waals surface area (Å²) < 4.78 is 5.18. The van der Waals surface area contributed by atoms with Crippen molar-refractivity contribution in [2.75, 3.05) is 37.0 Å². The molecule has 3 rings (SSSR count). The normalized spacial score (nSPS) is 14.3. The SMILES string of the molecule is COc1ccccc1NC(=O)CN1CCN(c2ccccc2)C(=O)C1=O. The summed E-state index contributed by atoms with van der Waals surface area (Å²) in [6.07, 6.45) is 0. The Hall–Kier alpha value is -3.35. The Morgan fingerprint density at radius 2 is 1.69 bits per heavy atom. The molecule has 1 fully saturated rings. The lowest BCUT2D eigenvalue weighted by molar-refractivity contribution is -0.147. The zero-order valence-electron chi connectivity index (χ0n) is 14.3. The molecule has 1 saturated heterocycles. The maximum absolute atomic E-state index is 12.4. The third kappa shape index (κ3) is 3.66. The summed E-state index contributed by atoms with van der Waals surface area (Å²) >= 11 is 0. The first-order valence-corrected chi connectivity index (χ1v) is 8.19. The Kier molecular flexibility index (Phi) is 5.17. The second-order valence-electron chi connectivity index (χ2n) is 5.77. The predicted molar refractivity (Wildman–Crippen MR) is 97.0 cm³/mol. The van der Waals surface area contributed by atoms with Crippen molar-refractivity contribution in [2.24, 2.45) is 0 Å². The maximum atomic E-state index is 12.4. The van der Waals surface area contributed by atoms with Crippen molar-refractivity contribution < 1.29 is 19.1 Å². The largest absolute Gasteiger partial charge is 0.495 e. The standard InChI is InChI=1S/C19H19N3O4/c1-26-16-10-6-5-9-15(16)20-17(23)13-21-11-12-22(19(25)18(21)24)14-7-3-2-4-8-14/h2-10H,11-13H2,1H3,(H,20,23). The van der Waals surface area contributed by atoms with Gasteiger partial charge in [0.1, 0.15) is 12.3 Å². The monoisotopic (exact) mass is 353 g/mol. The van der Waals surface area contributed by atoms with Crippen LogP contribution in [0, 0.1) is 0 Å². The molecule has 0 aliphatic carbocycles. The van der Waals surface area contributed by atoms with Gasteiger partial charge in [-0.15, -0.1) is 0 Å². The molecule has 26 heavy (non-hydrogen) atoms. The summed E-state index contributed by atoms with van der Waals surface area (Å²) in [5.74, 6) is -1.18. The number of nitrogens with zero attached hydrogens (tertiary/aromatic N) is 2. The van der Waals surface area contributed by atoms with Gasteiger partial charge in [-0.3, -0.25) is 14.4 Å². The fourth-order valence-electron chi connectivity index (χ4n) is 2.79. The molecule has 0 aromatic heterocycles. The number of hydrogen-bond acceptors (Lipinski definition) is 4. The number of anilines is 2. The minimum atomic E-state index is -0.685. The highest BCUT2D eigenvalue weighted by Gasteiger charge is 2.34. The summed E-state index contributed by atoms with van der Waals surface area (Å²) in [6.45, 7) is 0.445. The smallest absolute Gasteiger partial charge is 0.316 e. The lowest BCUT2D eigenvalue weighted by Crippen LogP contribution is -2.56. The van der Waals surface area contributed by atoms with Crippen molar-refractivity contribution in [1.29, 1.82) is 0 Å². The zero-order valence-corrected chi connectivity index (χ0v) is 14.3. The van der Waals surface area contributed by atoms with Crippen molar-refractivity contribution in [1.82, 2.24) is 4.90 Å². The number of carbonyl (C=O) groups is 3. The topological polar surface area (TPSA) is 79.0 Å². The Bertz CT molecular complexity index is 823. The Morgan fingerprint density at radius 1 is 1.00 bits per heavy atom. The zero-order chi connectivity index (χ0) is 18.5. The summed E-state index contributed by atoms with van der Waals surface area (Å²) in [5, 5.41) is 2.70. The fourth-order valence-corrected chi connectivity index (χ4v) is 2.79. The molecule has 1 aliphatic heterocycles. The number of para-hydroxylation sites is 3. The number of methoxy groups -OCH3 is 1. The summed E-state index contributed by atoms with van der Waals surface area (Å²) in [7, 11) is 1.51. The molecule has 1 heterocycles. The van der Waals surface area contributed by atoms with Gasteiger partial charge < -0.3 is 19.9 Å². The van der Waals surface area contributed by atoms with Crippen LogP contribution in [-0.4, -0.2) is 49.4 Å². The van der Waals surface area contributed by atoms with E-state index in [4.69, 9.17) is 4.74 Å². The highest BCUT2D eigenvalue weighted by Crippen LogP contribution is 2.23. The van der Waals surface area contributed by atoms with Crippen LogP contribution in [0.3, 0.4) is 0 Å². The second-order valence-corrected chi connectivity index (χ2v) is 5.77. The predicted octanol–water partition coefficient (Wildman–Crippen LogP) is 1.51. The molecule has 0 unspecified atom stereocenters. The first-order valence-electron chi connectivity index (χ1n) is 8.19. The number of piperazine rings is 1. The lowest BCUT2D eigenvalue weighted by atomic mass is 10.2. The van der Waals surface area contributed by atoms with Crippen LogP contribution in [0.1, 0.15) is 0 Å². The molecule has 0 radical (unpaired) electrons. The van der Waals surface area contributed by atoms with E-state index in [1.54, 1.807) is 48.5 Å². The van der Waals surface area contributed by atoms with E-state index in [-0.39, 0.29) is 12.5 Å². The van der Waals surface area contributed by atoms with Gasteiger partial charge in [0.25, 0.3) is 0 Å². The number of ether oxygens (including phenoxy) is 1. The van der Waals surface area contributed by atoms with Crippen molar-refractivity contribution in [3.05, 3.63) is 54.6 Å². The van der Waals surface area contributed by atoms with E-state index >= 15 is 0 Å². The number of benzene rings is 2. The van der Waals surface area contributed by atoms with E-state index in [9.17, 15) is 14.4 Å². The number of carbonyl (C=O) groups excluding carboxylic acids is 3. The molecule has 134 valence electrons.